The molecule has 0 aliphatic carbocycles. The minimum atomic E-state index is -0.887. The molecule has 0 saturated heterocycles. The van der Waals surface area contributed by atoms with E-state index in [1.165, 1.54) is 9.91 Å². The van der Waals surface area contributed by atoms with Gasteiger partial charge in [0.2, 0.25) is 5.91 Å². The van der Waals surface area contributed by atoms with E-state index in [4.69, 9.17) is 5.11 Å². The molecule has 1 aromatic carbocycles. The van der Waals surface area contributed by atoms with Crippen molar-refractivity contribution in [1.29, 1.82) is 0 Å². The summed E-state index contributed by atoms with van der Waals surface area (Å²) in [5.74, 6) is -1.31. The third kappa shape index (κ3) is 4.38. The lowest BCUT2D eigenvalue weighted by molar-refractivity contribution is -0.137. The number of hydrazone groups is 1. The molecule has 2 rings (SSSR count). The number of hydrogen-bond acceptors (Lipinski definition) is 4. The van der Waals surface area contributed by atoms with E-state index in [-0.39, 0.29) is 24.7 Å². The fourth-order valence-electron chi connectivity index (χ4n) is 2.27. The highest BCUT2D eigenvalue weighted by Gasteiger charge is 2.27. The largest absolute Gasteiger partial charge is 0.481 e. The van der Waals surface area contributed by atoms with E-state index < -0.39 is 5.97 Å². The molecule has 7 nitrogen and oxygen atoms in total. The van der Waals surface area contributed by atoms with Crippen LogP contribution in [0.4, 0.5) is 5.69 Å². The van der Waals surface area contributed by atoms with Crippen molar-refractivity contribution < 1.29 is 19.5 Å². The minimum Gasteiger partial charge on any atom is -0.481 e. The third-order valence-corrected chi connectivity index (χ3v) is 3.51. The average Bonchev–Trinajstić information content (AvgIpc) is 2.55. The molecule has 0 spiro atoms. The number of amides is 2. The number of nitrogens with zero attached hydrogens (tertiary/aromatic N) is 3. The second-order valence-electron chi connectivity index (χ2n) is 5.31. The van der Waals surface area contributed by atoms with Crippen molar-refractivity contribution in [2.45, 2.75) is 25.7 Å². The van der Waals surface area contributed by atoms with E-state index in [2.05, 4.69) is 5.10 Å². The molecule has 23 heavy (non-hydrogen) atoms. The van der Waals surface area contributed by atoms with Crippen LogP contribution in [-0.2, 0) is 14.4 Å². The quantitative estimate of drug-likeness (QED) is 0.860. The van der Waals surface area contributed by atoms with Crippen LogP contribution in [0.2, 0.25) is 0 Å². The highest BCUT2D eigenvalue weighted by Crippen LogP contribution is 2.20. The standard InChI is InChI=1S/C16H19N3O4/c1-18(11-5-8-15(21)22)16(23)13-9-10-14(20)19(17-13)12-6-3-2-4-7-12/h2-4,6-7H,5,8-11H2,1H3,(H,21,22). The highest BCUT2D eigenvalue weighted by molar-refractivity contribution is 6.40. The molecule has 0 bridgehead atoms. The molecule has 1 heterocycles. The molecular formula is C16H19N3O4. The lowest BCUT2D eigenvalue weighted by atomic mass is 10.1. The van der Waals surface area contributed by atoms with Gasteiger partial charge in [0.15, 0.2) is 0 Å². The summed E-state index contributed by atoms with van der Waals surface area (Å²) in [5, 5.41) is 14.1. The Morgan fingerprint density at radius 2 is 1.96 bits per heavy atom. The molecule has 1 N–H and O–H groups in total. The maximum absolute atomic E-state index is 12.4. The first kappa shape index (κ1) is 16.7. The SMILES string of the molecule is CN(CCCC(=O)O)C(=O)C1=NN(c2ccccc2)C(=O)CC1. The van der Waals surface area contributed by atoms with Gasteiger partial charge in [-0.2, -0.15) is 5.10 Å². The molecule has 1 aliphatic rings. The fraction of sp³-hybridized carbons (Fsp3) is 0.375. The zero-order chi connectivity index (χ0) is 16.8. The first-order chi connectivity index (χ1) is 11.0. The van der Waals surface area contributed by atoms with Crippen LogP contribution in [0.15, 0.2) is 35.4 Å². The van der Waals surface area contributed by atoms with Crippen LogP contribution < -0.4 is 5.01 Å². The van der Waals surface area contributed by atoms with Crippen molar-refractivity contribution in [1.82, 2.24) is 4.90 Å². The number of carbonyl (C=O) groups is 3. The number of aliphatic carboxylic acids is 1. The first-order valence-electron chi connectivity index (χ1n) is 7.42. The number of hydrogen-bond donors (Lipinski definition) is 1. The Morgan fingerprint density at radius 3 is 2.61 bits per heavy atom. The highest BCUT2D eigenvalue weighted by atomic mass is 16.4. The van der Waals surface area contributed by atoms with Crippen molar-refractivity contribution in [2.75, 3.05) is 18.6 Å². The van der Waals surface area contributed by atoms with E-state index in [1.807, 2.05) is 6.07 Å². The summed E-state index contributed by atoms with van der Waals surface area (Å²) in [4.78, 5) is 36.3. The number of benzene rings is 1. The van der Waals surface area contributed by atoms with E-state index in [0.717, 1.165) is 0 Å². The zero-order valence-electron chi connectivity index (χ0n) is 12.9. The van der Waals surface area contributed by atoms with Crippen molar-refractivity contribution >= 4 is 29.2 Å². The maximum atomic E-state index is 12.4. The molecule has 1 aliphatic heterocycles. The number of para-hydroxylation sites is 1. The van der Waals surface area contributed by atoms with Gasteiger partial charge in [-0.25, -0.2) is 5.01 Å². The van der Waals surface area contributed by atoms with Crippen LogP contribution in [0, 0.1) is 0 Å². The number of anilines is 1. The second kappa shape index (κ2) is 7.53. The predicted molar refractivity (Wildman–Crippen MR) is 85.1 cm³/mol. The lowest BCUT2D eigenvalue weighted by Crippen LogP contribution is -2.40. The summed E-state index contributed by atoms with van der Waals surface area (Å²) in [7, 11) is 1.61. The van der Waals surface area contributed by atoms with Gasteiger partial charge >= 0.3 is 5.97 Å². The fourth-order valence-corrected chi connectivity index (χ4v) is 2.27. The van der Waals surface area contributed by atoms with Gasteiger partial charge in [-0.15, -0.1) is 0 Å². The van der Waals surface area contributed by atoms with Gasteiger partial charge in [-0.05, 0) is 18.6 Å². The summed E-state index contributed by atoms with van der Waals surface area (Å²) in [5.41, 5.74) is 0.933. The van der Waals surface area contributed by atoms with Crippen LogP contribution in [0.5, 0.6) is 0 Å². The Labute approximate surface area is 134 Å². The van der Waals surface area contributed by atoms with Crippen molar-refractivity contribution in [2.24, 2.45) is 5.10 Å². The molecule has 0 saturated carbocycles. The first-order valence-corrected chi connectivity index (χ1v) is 7.42. The van der Waals surface area contributed by atoms with Gasteiger partial charge in [0.05, 0.1) is 5.69 Å². The number of carboxylic acids is 1. The summed E-state index contributed by atoms with van der Waals surface area (Å²) in [6.45, 7) is 0.337. The predicted octanol–water partition coefficient (Wildman–Crippen LogP) is 1.49. The number of carbonyl (C=O) groups excluding carboxylic acids is 2. The van der Waals surface area contributed by atoms with Crippen molar-refractivity contribution in [3.8, 4) is 0 Å². The molecule has 2 amide bonds. The average molecular weight is 317 g/mol. The van der Waals surface area contributed by atoms with Crippen LogP contribution in [0.25, 0.3) is 0 Å². The topological polar surface area (TPSA) is 90.3 Å². The Bertz CT molecular complexity index is 627. The molecule has 1 aromatic rings. The van der Waals surface area contributed by atoms with Gasteiger partial charge in [-0.3, -0.25) is 14.4 Å². The summed E-state index contributed by atoms with van der Waals surface area (Å²) >= 11 is 0. The van der Waals surface area contributed by atoms with Crippen LogP contribution in [-0.4, -0.2) is 47.1 Å². The van der Waals surface area contributed by atoms with Crippen molar-refractivity contribution in [3.05, 3.63) is 30.3 Å². The molecule has 0 atom stereocenters. The Kier molecular flexibility index (Phi) is 5.46. The Hall–Kier alpha value is -2.70. The lowest BCUT2D eigenvalue weighted by Gasteiger charge is -2.25. The summed E-state index contributed by atoms with van der Waals surface area (Å²) in [6, 6.07) is 8.94. The van der Waals surface area contributed by atoms with E-state index >= 15 is 0 Å². The van der Waals surface area contributed by atoms with E-state index in [0.29, 0.717) is 30.8 Å². The minimum absolute atomic E-state index is 0.0126. The molecule has 0 unspecified atom stereocenters. The Balaban J connectivity index is 2.07. The molecule has 0 aromatic heterocycles. The third-order valence-electron chi connectivity index (χ3n) is 3.51. The van der Waals surface area contributed by atoms with Crippen LogP contribution in [0.1, 0.15) is 25.7 Å². The van der Waals surface area contributed by atoms with E-state index in [9.17, 15) is 14.4 Å². The zero-order valence-corrected chi connectivity index (χ0v) is 12.9. The van der Waals surface area contributed by atoms with Gasteiger partial charge in [0.25, 0.3) is 5.91 Å². The molecule has 7 heteroatoms. The monoisotopic (exact) mass is 317 g/mol. The van der Waals surface area contributed by atoms with Crippen molar-refractivity contribution in [3.63, 3.8) is 0 Å². The second-order valence-corrected chi connectivity index (χ2v) is 5.31. The van der Waals surface area contributed by atoms with Gasteiger partial charge in [-0.1, -0.05) is 18.2 Å². The van der Waals surface area contributed by atoms with Gasteiger partial charge in [0.1, 0.15) is 5.71 Å². The summed E-state index contributed by atoms with van der Waals surface area (Å²) in [6.07, 6.45) is 0.914. The van der Waals surface area contributed by atoms with Gasteiger partial charge in [0, 0.05) is 32.9 Å². The van der Waals surface area contributed by atoms with E-state index in [1.54, 1.807) is 31.3 Å². The van der Waals surface area contributed by atoms with Crippen LogP contribution in [0.3, 0.4) is 0 Å². The van der Waals surface area contributed by atoms with Crippen LogP contribution >= 0.6 is 0 Å². The number of rotatable bonds is 6. The molecular weight excluding hydrogens is 298 g/mol. The molecule has 0 radical (unpaired) electrons. The maximum Gasteiger partial charge on any atom is 0.303 e. The smallest absolute Gasteiger partial charge is 0.303 e. The normalized spacial score (nSPS) is 14.4. The number of carboxylic acid groups (broad SMARTS) is 1. The molecule has 122 valence electrons. The summed E-state index contributed by atoms with van der Waals surface area (Å²) < 4.78 is 0. The van der Waals surface area contributed by atoms with Gasteiger partial charge < -0.3 is 10.0 Å². The molecule has 0 fully saturated rings. The Morgan fingerprint density at radius 1 is 1.26 bits per heavy atom.